The third-order valence-electron chi connectivity index (χ3n) is 3.52. The van der Waals surface area contributed by atoms with Crippen LogP contribution in [0.4, 0.5) is 5.69 Å². The summed E-state index contributed by atoms with van der Waals surface area (Å²) in [5.41, 5.74) is 0.536. The fraction of sp³-hybridized carbons (Fsp3) is 0.538. The Bertz CT molecular complexity index is 554. The van der Waals surface area contributed by atoms with Gasteiger partial charge in [-0.25, -0.2) is 4.68 Å². The molecule has 0 saturated heterocycles. The van der Waals surface area contributed by atoms with Crippen LogP contribution in [0.3, 0.4) is 0 Å². The van der Waals surface area contributed by atoms with E-state index in [1.165, 1.54) is 23.9 Å². The molecule has 0 spiro atoms. The Kier molecular flexibility index (Phi) is 4.58. The molecule has 0 radical (unpaired) electrons. The van der Waals surface area contributed by atoms with E-state index in [1.807, 2.05) is 11.8 Å². The highest BCUT2D eigenvalue weighted by Crippen LogP contribution is 2.42. The number of halogens is 1. The van der Waals surface area contributed by atoms with Crippen LogP contribution in [0.2, 0.25) is 0 Å². The summed E-state index contributed by atoms with van der Waals surface area (Å²) in [6.45, 7) is 1.04. The third-order valence-corrected chi connectivity index (χ3v) is 5.71. The minimum absolute atomic E-state index is 0.187. The zero-order valence-electron chi connectivity index (χ0n) is 10.8. The number of hydrogen-bond donors (Lipinski definition) is 1. The first-order chi connectivity index (χ1) is 9.12. The maximum Gasteiger partial charge on any atom is 0.284 e. The summed E-state index contributed by atoms with van der Waals surface area (Å²) in [5.74, 6) is 2.41. The summed E-state index contributed by atoms with van der Waals surface area (Å²) in [6, 6.07) is 0. The molecular formula is C13H16BrN3OS. The third kappa shape index (κ3) is 2.98. The Morgan fingerprint density at radius 3 is 2.95 bits per heavy atom. The lowest BCUT2D eigenvalue weighted by atomic mass is 9.84. The standard InChI is InChI=1S/C13H16BrN3OS/c1-3-7-17-12(18)11(14)10(8-16-17)15-9-13(19-2)5-4-6-13/h1,8,15H,4-7,9H2,2H3. The van der Waals surface area contributed by atoms with Crippen molar-refractivity contribution in [3.05, 3.63) is 21.0 Å². The molecule has 4 nitrogen and oxygen atoms in total. The molecule has 1 heterocycles. The van der Waals surface area contributed by atoms with Gasteiger partial charge < -0.3 is 5.32 Å². The van der Waals surface area contributed by atoms with E-state index in [2.05, 4.69) is 38.5 Å². The molecule has 102 valence electrons. The van der Waals surface area contributed by atoms with Gasteiger partial charge in [-0.1, -0.05) is 12.3 Å². The van der Waals surface area contributed by atoms with Crippen molar-refractivity contribution in [2.75, 3.05) is 18.1 Å². The van der Waals surface area contributed by atoms with Crippen LogP contribution >= 0.6 is 27.7 Å². The minimum Gasteiger partial charge on any atom is -0.381 e. The van der Waals surface area contributed by atoms with Gasteiger partial charge in [0.1, 0.15) is 11.0 Å². The lowest BCUT2D eigenvalue weighted by Gasteiger charge is -2.40. The zero-order chi connectivity index (χ0) is 13.9. The molecule has 0 bridgehead atoms. The quantitative estimate of drug-likeness (QED) is 0.835. The van der Waals surface area contributed by atoms with E-state index < -0.39 is 0 Å². The first-order valence-corrected chi connectivity index (χ1v) is 8.12. The topological polar surface area (TPSA) is 46.9 Å². The number of anilines is 1. The van der Waals surface area contributed by atoms with Gasteiger partial charge in [-0.2, -0.15) is 16.9 Å². The van der Waals surface area contributed by atoms with Gasteiger partial charge in [0.2, 0.25) is 0 Å². The molecule has 0 aromatic carbocycles. The summed E-state index contributed by atoms with van der Waals surface area (Å²) in [6.07, 6.45) is 12.7. The highest BCUT2D eigenvalue weighted by atomic mass is 79.9. The summed E-state index contributed by atoms with van der Waals surface area (Å²) >= 11 is 5.21. The molecule has 19 heavy (non-hydrogen) atoms. The average molecular weight is 342 g/mol. The SMILES string of the molecule is C#CCn1ncc(NCC2(SC)CCC2)c(Br)c1=O. The molecule has 1 aliphatic rings. The Balaban J connectivity index is 2.11. The van der Waals surface area contributed by atoms with Gasteiger partial charge in [0.05, 0.1) is 11.9 Å². The number of hydrogen-bond acceptors (Lipinski definition) is 4. The second-order valence-corrected chi connectivity index (χ2v) is 6.70. The molecule has 1 aromatic heterocycles. The van der Waals surface area contributed by atoms with E-state index in [0.29, 0.717) is 9.22 Å². The summed E-state index contributed by atoms with van der Waals surface area (Å²) in [4.78, 5) is 12.0. The van der Waals surface area contributed by atoms with Crippen LogP contribution in [0.25, 0.3) is 0 Å². The average Bonchev–Trinajstić information content (AvgIpc) is 2.37. The molecule has 1 N–H and O–H groups in total. The summed E-state index contributed by atoms with van der Waals surface area (Å²) < 4.78 is 2.07. The van der Waals surface area contributed by atoms with Gasteiger partial charge in [-0.3, -0.25) is 4.79 Å². The predicted octanol–water partition coefficient (Wildman–Crippen LogP) is 2.34. The van der Waals surface area contributed by atoms with Crippen molar-refractivity contribution in [1.29, 1.82) is 0 Å². The largest absolute Gasteiger partial charge is 0.381 e. The van der Waals surface area contributed by atoms with Gasteiger partial charge in [0, 0.05) is 11.3 Å². The summed E-state index contributed by atoms with van der Waals surface area (Å²) in [5, 5.41) is 7.38. The highest BCUT2D eigenvalue weighted by molar-refractivity contribution is 9.10. The second-order valence-electron chi connectivity index (χ2n) is 4.63. The van der Waals surface area contributed by atoms with Gasteiger partial charge >= 0.3 is 0 Å². The van der Waals surface area contributed by atoms with Crippen molar-refractivity contribution >= 4 is 33.4 Å². The number of nitrogens with zero attached hydrogens (tertiary/aromatic N) is 2. The molecule has 1 aromatic rings. The van der Waals surface area contributed by atoms with Crippen LogP contribution < -0.4 is 10.9 Å². The van der Waals surface area contributed by atoms with E-state index in [-0.39, 0.29) is 12.1 Å². The van der Waals surface area contributed by atoms with E-state index >= 15 is 0 Å². The smallest absolute Gasteiger partial charge is 0.284 e. The van der Waals surface area contributed by atoms with Crippen LogP contribution in [0.1, 0.15) is 19.3 Å². The summed E-state index contributed by atoms with van der Waals surface area (Å²) in [7, 11) is 0. The van der Waals surface area contributed by atoms with Crippen molar-refractivity contribution in [3.8, 4) is 12.3 Å². The maximum atomic E-state index is 12.0. The molecule has 2 rings (SSSR count). The van der Waals surface area contributed by atoms with Crippen molar-refractivity contribution in [3.63, 3.8) is 0 Å². The molecule has 6 heteroatoms. The molecule has 1 saturated carbocycles. The number of aromatic nitrogens is 2. The Morgan fingerprint density at radius 2 is 2.42 bits per heavy atom. The molecule has 0 amide bonds. The van der Waals surface area contributed by atoms with Crippen molar-refractivity contribution < 1.29 is 0 Å². The molecule has 1 fully saturated rings. The van der Waals surface area contributed by atoms with Crippen LogP contribution in [0.15, 0.2) is 15.5 Å². The number of terminal acetylenes is 1. The molecular weight excluding hydrogens is 326 g/mol. The minimum atomic E-state index is -0.199. The first-order valence-electron chi connectivity index (χ1n) is 6.10. The van der Waals surface area contributed by atoms with Crippen LogP contribution in [-0.4, -0.2) is 27.3 Å². The van der Waals surface area contributed by atoms with Crippen molar-refractivity contribution in [1.82, 2.24) is 9.78 Å². The number of thioether (sulfide) groups is 1. The Labute approximate surface area is 125 Å². The first kappa shape index (κ1) is 14.5. The van der Waals surface area contributed by atoms with Gasteiger partial charge in [-0.15, -0.1) is 6.42 Å². The van der Waals surface area contributed by atoms with Gasteiger partial charge in [-0.05, 0) is 35.0 Å². The highest BCUT2D eigenvalue weighted by Gasteiger charge is 2.35. The van der Waals surface area contributed by atoms with Crippen LogP contribution in [0, 0.1) is 12.3 Å². The van der Waals surface area contributed by atoms with E-state index in [4.69, 9.17) is 6.42 Å². The molecule has 0 aliphatic heterocycles. The van der Waals surface area contributed by atoms with Gasteiger partial charge in [0.15, 0.2) is 0 Å². The maximum absolute atomic E-state index is 12.0. The molecule has 1 aliphatic carbocycles. The Hall–Kier alpha value is -0.930. The fourth-order valence-corrected chi connectivity index (χ4v) is 3.43. The second kappa shape index (κ2) is 6.02. The number of rotatable bonds is 5. The molecule has 0 atom stereocenters. The lowest BCUT2D eigenvalue weighted by Crippen LogP contribution is -2.40. The van der Waals surface area contributed by atoms with Crippen molar-refractivity contribution in [2.45, 2.75) is 30.6 Å². The van der Waals surface area contributed by atoms with Crippen LogP contribution in [-0.2, 0) is 6.54 Å². The lowest BCUT2D eigenvalue weighted by molar-refractivity contribution is 0.380. The fourth-order valence-electron chi connectivity index (χ4n) is 2.07. The van der Waals surface area contributed by atoms with E-state index in [9.17, 15) is 4.79 Å². The Morgan fingerprint density at radius 1 is 1.68 bits per heavy atom. The van der Waals surface area contributed by atoms with E-state index in [0.717, 1.165) is 12.2 Å². The normalized spacial score (nSPS) is 16.5. The predicted molar refractivity (Wildman–Crippen MR) is 83.6 cm³/mol. The molecule has 0 unspecified atom stereocenters. The van der Waals surface area contributed by atoms with Gasteiger partial charge in [0.25, 0.3) is 5.56 Å². The monoisotopic (exact) mass is 341 g/mol. The van der Waals surface area contributed by atoms with Crippen molar-refractivity contribution in [2.24, 2.45) is 0 Å². The number of nitrogens with one attached hydrogen (secondary N) is 1. The van der Waals surface area contributed by atoms with Crippen LogP contribution in [0.5, 0.6) is 0 Å². The van der Waals surface area contributed by atoms with E-state index in [1.54, 1.807) is 6.20 Å². The zero-order valence-corrected chi connectivity index (χ0v) is 13.2.